The third-order valence-corrected chi connectivity index (χ3v) is 4.37. The number of benzene rings is 1. The van der Waals surface area contributed by atoms with Crippen molar-refractivity contribution in [1.82, 2.24) is 10.6 Å². The average molecular weight is 362 g/mol. The van der Waals surface area contributed by atoms with Crippen LogP contribution in [0, 0.1) is 5.92 Å². The number of amides is 1. The van der Waals surface area contributed by atoms with Gasteiger partial charge in [0.25, 0.3) is 5.91 Å². The number of rotatable bonds is 3. The van der Waals surface area contributed by atoms with Crippen LogP contribution in [-0.4, -0.2) is 38.8 Å². The van der Waals surface area contributed by atoms with Crippen LogP contribution in [0.5, 0.6) is 11.5 Å². The summed E-state index contributed by atoms with van der Waals surface area (Å²) in [4.78, 5) is 12.5. The molecule has 1 saturated heterocycles. The standard InChI is InChI=1S/C15H20ClN3O3.ClH/c16-11-7-10(13-14(12(11)17)22-6-5-21-13)15(20)19-8-9-1-3-18-4-2-9;/h7,9,18H,1-6,8,17H2,(H,19,20);1H. The van der Waals surface area contributed by atoms with E-state index in [1.807, 2.05) is 0 Å². The molecule has 0 aliphatic carbocycles. The highest BCUT2D eigenvalue weighted by Gasteiger charge is 2.25. The van der Waals surface area contributed by atoms with Crippen LogP contribution in [-0.2, 0) is 0 Å². The van der Waals surface area contributed by atoms with Crippen LogP contribution in [0.3, 0.4) is 0 Å². The molecular weight excluding hydrogens is 341 g/mol. The molecule has 1 aromatic carbocycles. The number of carbonyl (C=O) groups excluding carboxylic acids is 1. The molecule has 0 aromatic heterocycles. The number of piperidine rings is 1. The van der Waals surface area contributed by atoms with Gasteiger partial charge in [0.05, 0.1) is 16.3 Å². The van der Waals surface area contributed by atoms with E-state index in [1.54, 1.807) is 6.07 Å². The van der Waals surface area contributed by atoms with Gasteiger partial charge in [-0.05, 0) is 37.9 Å². The van der Waals surface area contributed by atoms with Crippen LogP contribution in [0.2, 0.25) is 5.02 Å². The Hall–Kier alpha value is -1.37. The van der Waals surface area contributed by atoms with E-state index in [9.17, 15) is 4.79 Å². The fourth-order valence-corrected chi connectivity index (χ4v) is 2.98. The second-order valence-corrected chi connectivity index (χ2v) is 5.99. The largest absolute Gasteiger partial charge is 0.485 e. The maximum atomic E-state index is 12.5. The predicted molar refractivity (Wildman–Crippen MR) is 92.0 cm³/mol. The van der Waals surface area contributed by atoms with Crippen LogP contribution in [0.4, 0.5) is 5.69 Å². The summed E-state index contributed by atoms with van der Waals surface area (Å²) in [6.45, 7) is 3.44. The van der Waals surface area contributed by atoms with E-state index in [1.165, 1.54) is 0 Å². The summed E-state index contributed by atoms with van der Waals surface area (Å²) in [5.41, 5.74) is 6.58. The maximum absolute atomic E-state index is 12.5. The summed E-state index contributed by atoms with van der Waals surface area (Å²) in [5.74, 6) is 1.05. The highest BCUT2D eigenvalue weighted by molar-refractivity contribution is 6.34. The van der Waals surface area contributed by atoms with Crippen molar-refractivity contribution in [2.24, 2.45) is 5.92 Å². The molecule has 6 nitrogen and oxygen atoms in total. The van der Waals surface area contributed by atoms with Gasteiger partial charge in [0.15, 0.2) is 11.5 Å². The number of carbonyl (C=O) groups is 1. The molecule has 2 aliphatic rings. The van der Waals surface area contributed by atoms with Crippen molar-refractivity contribution in [3.63, 3.8) is 0 Å². The molecule has 0 unspecified atom stereocenters. The number of nitrogens with two attached hydrogens (primary N) is 1. The Kier molecular flexibility index (Phi) is 6.21. The molecule has 0 spiro atoms. The summed E-state index contributed by atoms with van der Waals surface area (Å²) >= 11 is 6.09. The van der Waals surface area contributed by atoms with Gasteiger partial charge in [0.1, 0.15) is 13.2 Å². The number of halogens is 2. The van der Waals surface area contributed by atoms with E-state index in [-0.39, 0.29) is 18.3 Å². The fourth-order valence-electron chi connectivity index (χ4n) is 2.78. The van der Waals surface area contributed by atoms with Crippen molar-refractivity contribution < 1.29 is 14.3 Å². The van der Waals surface area contributed by atoms with Gasteiger partial charge in [0, 0.05) is 6.54 Å². The molecule has 1 amide bonds. The minimum atomic E-state index is -0.206. The van der Waals surface area contributed by atoms with Crippen LogP contribution in [0.25, 0.3) is 0 Å². The van der Waals surface area contributed by atoms with E-state index in [4.69, 9.17) is 26.8 Å². The number of ether oxygens (including phenoxy) is 2. The van der Waals surface area contributed by atoms with Gasteiger partial charge < -0.3 is 25.8 Å². The number of hydrogen-bond donors (Lipinski definition) is 3. The quantitative estimate of drug-likeness (QED) is 0.715. The SMILES string of the molecule is Cl.Nc1c(Cl)cc(C(=O)NCC2CCNCC2)c2c1OCCO2. The zero-order valence-corrected chi connectivity index (χ0v) is 14.3. The van der Waals surface area contributed by atoms with Crippen molar-refractivity contribution >= 4 is 35.6 Å². The van der Waals surface area contributed by atoms with Crippen LogP contribution in [0.15, 0.2) is 6.07 Å². The predicted octanol–water partition coefficient (Wildman–Crippen LogP) is 1.84. The first-order chi connectivity index (χ1) is 10.7. The molecule has 0 radical (unpaired) electrons. The van der Waals surface area contributed by atoms with Crippen LogP contribution in [0.1, 0.15) is 23.2 Å². The molecule has 2 aliphatic heterocycles. The molecule has 1 aromatic rings. The van der Waals surface area contributed by atoms with Crippen molar-refractivity contribution in [2.45, 2.75) is 12.8 Å². The van der Waals surface area contributed by atoms with E-state index in [2.05, 4.69) is 10.6 Å². The second kappa shape index (κ2) is 7.95. The minimum absolute atomic E-state index is 0. The first kappa shape index (κ1) is 18.0. The number of anilines is 1. The summed E-state index contributed by atoms with van der Waals surface area (Å²) < 4.78 is 11.1. The topological polar surface area (TPSA) is 85.6 Å². The molecule has 2 heterocycles. The van der Waals surface area contributed by atoms with Crippen LogP contribution >= 0.6 is 24.0 Å². The van der Waals surface area contributed by atoms with Crippen molar-refractivity contribution in [2.75, 3.05) is 38.6 Å². The lowest BCUT2D eigenvalue weighted by Gasteiger charge is -2.24. The zero-order chi connectivity index (χ0) is 15.5. The molecule has 1 fully saturated rings. The second-order valence-electron chi connectivity index (χ2n) is 5.58. The molecule has 8 heteroatoms. The highest BCUT2D eigenvalue weighted by Crippen LogP contribution is 2.43. The van der Waals surface area contributed by atoms with Crippen molar-refractivity contribution in [1.29, 1.82) is 0 Å². The van der Waals surface area contributed by atoms with Gasteiger partial charge in [-0.1, -0.05) is 11.6 Å². The first-order valence-electron chi connectivity index (χ1n) is 7.53. The monoisotopic (exact) mass is 361 g/mol. The Morgan fingerprint density at radius 2 is 1.96 bits per heavy atom. The van der Waals surface area contributed by atoms with E-state index in [0.29, 0.717) is 53.4 Å². The van der Waals surface area contributed by atoms with E-state index < -0.39 is 0 Å². The summed E-state index contributed by atoms with van der Waals surface area (Å²) in [5, 5.41) is 6.57. The summed E-state index contributed by atoms with van der Waals surface area (Å²) in [6.07, 6.45) is 2.14. The number of nitrogen functional groups attached to an aromatic ring is 1. The molecule has 0 bridgehead atoms. The molecule has 128 valence electrons. The van der Waals surface area contributed by atoms with Gasteiger partial charge in [-0.2, -0.15) is 0 Å². The van der Waals surface area contributed by atoms with Gasteiger partial charge >= 0.3 is 0 Å². The lowest BCUT2D eigenvalue weighted by atomic mass is 9.98. The van der Waals surface area contributed by atoms with Gasteiger partial charge in [-0.15, -0.1) is 12.4 Å². The molecule has 3 rings (SSSR count). The van der Waals surface area contributed by atoms with E-state index >= 15 is 0 Å². The third-order valence-electron chi connectivity index (χ3n) is 4.05. The first-order valence-corrected chi connectivity index (χ1v) is 7.91. The number of hydrogen-bond acceptors (Lipinski definition) is 5. The smallest absolute Gasteiger partial charge is 0.255 e. The Balaban J connectivity index is 0.00000192. The van der Waals surface area contributed by atoms with Gasteiger partial charge in [-0.3, -0.25) is 4.79 Å². The molecule has 4 N–H and O–H groups in total. The van der Waals surface area contributed by atoms with Crippen molar-refractivity contribution in [3.8, 4) is 11.5 Å². The summed E-state index contributed by atoms with van der Waals surface area (Å²) in [6, 6.07) is 1.54. The van der Waals surface area contributed by atoms with Crippen molar-refractivity contribution in [3.05, 3.63) is 16.7 Å². The Morgan fingerprint density at radius 3 is 2.65 bits per heavy atom. The fraction of sp³-hybridized carbons (Fsp3) is 0.533. The molecule has 0 atom stereocenters. The lowest BCUT2D eigenvalue weighted by Crippen LogP contribution is -2.36. The molecular formula is C15H21Cl2N3O3. The molecule has 0 saturated carbocycles. The number of nitrogens with one attached hydrogen (secondary N) is 2. The number of fused-ring (bicyclic) bond motifs is 1. The van der Waals surface area contributed by atoms with Crippen LogP contribution < -0.4 is 25.8 Å². The summed E-state index contributed by atoms with van der Waals surface area (Å²) in [7, 11) is 0. The van der Waals surface area contributed by atoms with Gasteiger partial charge in [-0.25, -0.2) is 0 Å². The lowest BCUT2D eigenvalue weighted by molar-refractivity contribution is 0.0933. The Bertz CT molecular complexity index is 578. The highest BCUT2D eigenvalue weighted by atomic mass is 35.5. The Labute approximate surface area is 146 Å². The molecule has 23 heavy (non-hydrogen) atoms. The maximum Gasteiger partial charge on any atom is 0.255 e. The normalized spacial score (nSPS) is 17.3. The average Bonchev–Trinajstić information content (AvgIpc) is 2.57. The van der Waals surface area contributed by atoms with Gasteiger partial charge in [0.2, 0.25) is 0 Å². The third kappa shape index (κ3) is 3.94. The van der Waals surface area contributed by atoms with E-state index in [0.717, 1.165) is 25.9 Å². The Morgan fingerprint density at radius 1 is 1.30 bits per heavy atom. The minimum Gasteiger partial charge on any atom is -0.485 e. The zero-order valence-electron chi connectivity index (χ0n) is 12.7.